The molecule has 0 aliphatic rings. The second-order valence-corrected chi connectivity index (χ2v) is 18.4. The SMILES string of the molecule is C=[CH][Pb]([CH]=C)([c]1ccccc1)[c]1ccccc1. The van der Waals surface area contributed by atoms with Gasteiger partial charge in [-0.05, 0) is 0 Å². The van der Waals surface area contributed by atoms with Gasteiger partial charge in [-0.15, -0.1) is 0 Å². The first-order chi connectivity index (χ1) is 8.33. The average molecular weight is 416 g/mol. The molecule has 0 aliphatic carbocycles. The van der Waals surface area contributed by atoms with E-state index in [1.54, 1.807) is 0 Å². The van der Waals surface area contributed by atoms with Gasteiger partial charge in [-0.1, -0.05) is 0 Å². The molecule has 0 N–H and O–H groups in total. The van der Waals surface area contributed by atoms with E-state index < -0.39 is 21.2 Å². The van der Waals surface area contributed by atoms with Crippen LogP contribution in [0.15, 0.2) is 81.1 Å². The first-order valence-electron chi connectivity index (χ1n) is 5.72. The van der Waals surface area contributed by atoms with Crippen molar-refractivity contribution >= 4 is 27.4 Å². The average Bonchev–Trinajstić information content (AvgIpc) is 2.43. The Bertz CT molecular complexity index is 450. The molecule has 0 nitrogen and oxygen atoms in total. The molecule has 0 amide bonds. The van der Waals surface area contributed by atoms with Gasteiger partial charge in [0.1, 0.15) is 0 Å². The van der Waals surface area contributed by atoms with Gasteiger partial charge in [-0.25, -0.2) is 0 Å². The molecule has 0 bridgehead atoms. The quantitative estimate of drug-likeness (QED) is 0.674. The van der Waals surface area contributed by atoms with Gasteiger partial charge < -0.3 is 0 Å². The minimum absolute atomic E-state index is 1.41. The van der Waals surface area contributed by atoms with E-state index in [1.165, 1.54) is 6.25 Å². The van der Waals surface area contributed by atoms with Crippen LogP contribution in [0.3, 0.4) is 0 Å². The molecule has 0 unspecified atom stereocenters. The number of benzene rings is 2. The number of rotatable bonds is 4. The van der Waals surface area contributed by atoms with Crippen LogP contribution in [0, 0.1) is 0 Å². The van der Waals surface area contributed by atoms with Crippen LogP contribution < -0.4 is 6.25 Å². The van der Waals surface area contributed by atoms with E-state index in [0.717, 1.165) is 0 Å². The van der Waals surface area contributed by atoms with Crippen molar-refractivity contribution in [2.45, 2.75) is 0 Å². The second kappa shape index (κ2) is 5.45. The van der Waals surface area contributed by atoms with Crippen LogP contribution >= 0.6 is 0 Å². The van der Waals surface area contributed by atoms with Crippen molar-refractivity contribution in [3.05, 3.63) is 81.1 Å². The molecule has 0 saturated heterocycles. The zero-order chi connectivity index (χ0) is 12.1. The Balaban J connectivity index is 2.62. The summed E-state index contributed by atoms with van der Waals surface area (Å²) in [4.78, 5) is 0. The molecule has 17 heavy (non-hydrogen) atoms. The molecule has 2 rings (SSSR count). The summed E-state index contributed by atoms with van der Waals surface area (Å²) in [7, 11) is 0. The molecule has 0 heterocycles. The molecule has 0 fully saturated rings. The van der Waals surface area contributed by atoms with Crippen molar-refractivity contribution in [3.8, 4) is 0 Å². The normalized spacial score (nSPS) is 10.8. The van der Waals surface area contributed by atoms with Gasteiger partial charge in [0.2, 0.25) is 0 Å². The minimum atomic E-state index is -2.97. The third-order valence-corrected chi connectivity index (χ3v) is 18.2. The van der Waals surface area contributed by atoms with Crippen LogP contribution in [0.4, 0.5) is 0 Å². The van der Waals surface area contributed by atoms with Gasteiger partial charge in [0, 0.05) is 0 Å². The molecule has 0 aromatic heterocycles. The van der Waals surface area contributed by atoms with Gasteiger partial charge in [-0.2, -0.15) is 0 Å². The summed E-state index contributed by atoms with van der Waals surface area (Å²) in [6.07, 6.45) is 0. The second-order valence-electron chi connectivity index (χ2n) is 4.01. The predicted octanol–water partition coefficient (Wildman–Crippen LogP) is 2.70. The fraction of sp³-hybridized carbons (Fsp3) is 0. The van der Waals surface area contributed by atoms with Crippen molar-refractivity contribution in [3.63, 3.8) is 0 Å². The van der Waals surface area contributed by atoms with Crippen LogP contribution in [0.25, 0.3) is 0 Å². The van der Waals surface area contributed by atoms with Crippen LogP contribution in [-0.2, 0) is 0 Å². The van der Waals surface area contributed by atoms with E-state index in [-0.39, 0.29) is 0 Å². The topological polar surface area (TPSA) is 0 Å². The molecule has 84 valence electrons. The number of hydrogen-bond donors (Lipinski definition) is 0. The molecule has 0 saturated carbocycles. The molecular weight excluding hydrogens is 399 g/mol. The summed E-state index contributed by atoms with van der Waals surface area (Å²) in [6.45, 7) is 8.17. The first-order valence-corrected chi connectivity index (χ1v) is 14.1. The van der Waals surface area contributed by atoms with Crippen molar-refractivity contribution in [1.29, 1.82) is 0 Å². The third-order valence-electron chi connectivity index (χ3n) is 3.15. The summed E-state index contributed by atoms with van der Waals surface area (Å²) in [6, 6.07) is 21.3. The van der Waals surface area contributed by atoms with E-state index in [9.17, 15) is 0 Å². The van der Waals surface area contributed by atoms with Gasteiger partial charge in [0.15, 0.2) is 0 Å². The summed E-state index contributed by atoms with van der Waals surface area (Å²) in [5.74, 6) is 0. The van der Waals surface area contributed by atoms with Gasteiger partial charge >= 0.3 is 109 Å². The van der Waals surface area contributed by atoms with Crippen molar-refractivity contribution in [2.24, 2.45) is 0 Å². The number of hydrogen-bond acceptors (Lipinski definition) is 0. The molecule has 0 aliphatic heterocycles. The van der Waals surface area contributed by atoms with Crippen molar-refractivity contribution in [2.75, 3.05) is 0 Å². The predicted molar refractivity (Wildman–Crippen MR) is 78.3 cm³/mol. The maximum absolute atomic E-state index is 4.08. The molecule has 2 aromatic carbocycles. The van der Waals surface area contributed by atoms with Gasteiger partial charge in [0.05, 0.1) is 0 Å². The molecule has 0 atom stereocenters. The van der Waals surface area contributed by atoms with E-state index in [1.807, 2.05) is 0 Å². The molecule has 0 spiro atoms. The summed E-state index contributed by atoms with van der Waals surface area (Å²) >= 11 is -2.97. The molecular formula is C16H16Pb. The van der Waals surface area contributed by atoms with Gasteiger partial charge in [-0.3, -0.25) is 0 Å². The Morgan fingerprint density at radius 3 is 1.29 bits per heavy atom. The Kier molecular flexibility index (Phi) is 3.94. The van der Waals surface area contributed by atoms with Crippen LogP contribution in [0.5, 0.6) is 0 Å². The fourth-order valence-corrected chi connectivity index (χ4v) is 13.5. The Morgan fingerprint density at radius 1 is 0.647 bits per heavy atom. The van der Waals surface area contributed by atoms with E-state index in [4.69, 9.17) is 0 Å². The van der Waals surface area contributed by atoms with Crippen LogP contribution in [0.1, 0.15) is 0 Å². The molecule has 2 aromatic rings. The summed E-state index contributed by atoms with van der Waals surface area (Å²) in [5, 5.41) is 0. The zero-order valence-electron chi connectivity index (χ0n) is 9.84. The van der Waals surface area contributed by atoms with Gasteiger partial charge in [0.25, 0.3) is 0 Å². The summed E-state index contributed by atoms with van der Waals surface area (Å²) in [5.41, 5.74) is 0. The Hall–Kier alpha value is -1.16. The molecule has 1 heteroatoms. The van der Waals surface area contributed by atoms with E-state index in [2.05, 4.69) is 81.1 Å². The monoisotopic (exact) mass is 416 g/mol. The third kappa shape index (κ3) is 2.27. The zero-order valence-corrected chi connectivity index (χ0v) is 13.7. The standard InChI is InChI=1S/2C6H5.2C2H3.Pb/c2*1-2-4-6-5-3-1;2*1-2;/h2*1-5H;2*1H,2H2;. The fourth-order valence-electron chi connectivity index (χ4n) is 2.15. The van der Waals surface area contributed by atoms with E-state index >= 15 is 0 Å². The van der Waals surface area contributed by atoms with Crippen LogP contribution in [-0.4, -0.2) is 21.2 Å². The first kappa shape index (κ1) is 12.3. The maximum atomic E-state index is 4.08. The Labute approximate surface area is 108 Å². The van der Waals surface area contributed by atoms with E-state index in [0.29, 0.717) is 0 Å². The van der Waals surface area contributed by atoms with Crippen molar-refractivity contribution in [1.82, 2.24) is 0 Å². The van der Waals surface area contributed by atoms with Crippen LogP contribution in [0.2, 0.25) is 0 Å². The van der Waals surface area contributed by atoms with Crippen molar-refractivity contribution < 1.29 is 0 Å². The summed E-state index contributed by atoms with van der Waals surface area (Å²) < 4.78 is 7.17. The molecule has 0 radical (unpaired) electrons. The Morgan fingerprint density at radius 2 is 1.00 bits per heavy atom.